The van der Waals surface area contributed by atoms with E-state index in [9.17, 15) is 9.59 Å². The van der Waals surface area contributed by atoms with Gasteiger partial charge in [-0.1, -0.05) is 25.7 Å². The second kappa shape index (κ2) is 9.31. The highest BCUT2D eigenvalue weighted by Gasteiger charge is 2.36. The highest BCUT2D eigenvalue weighted by atomic mass is 32.1. The zero-order valence-electron chi connectivity index (χ0n) is 20.6. The molecule has 2 saturated heterocycles. The lowest BCUT2D eigenvalue weighted by molar-refractivity contribution is 0.0190. The number of thiophene rings is 1. The molecule has 6 nitrogen and oxygen atoms in total. The zero-order chi connectivity index (χ0) is 23.8. The molecule has 0 saturated carbocycles. The molecule has 1 aliphatic carbocycles. The van der Waals surface area contributed by atoms with Crippen LogP contribution in [0.1, 0.15) is 74.7 Å². The molecule has 2 aliphatic heterocycles. The monoisotopic (exact) mass is 472 g/mol. The van der Waals surface area contributed by atoms with E-state index in [0.29, 0.717) is 32.7 Å². The van der Waals surface area contributed by atoms with E-state index in [2.05, 4.69) is 30.6 Å². The molecule has 0 spiro atoms. The van der Waals surface area contributed by atoms with Crippen LogP contribution >= 0.6 is 11.3 Å². The van der Waals surface area contributed by atoms with Crippen molar-refractivity contribution in [3.05, 3.63) is 16.0 Å². The predicted octanol–water partition coefficient (Wildman–Crippen LogP) is 4.74. The van der Waals surface area contributed by atoms with Gasteiger partial charge in [0.25, 0.3) is 0 Å². The van der Waals surface area contributed by atoms with Gasteiger partial charge in [-0.25, -0.2) is 4.79 Å². The number of nitrogens with zero attached hydrogens (tertiary/aromatic N) is 2. The highest BCUT2D eigenvalue weighted by molar-refractivity contribution is 7.18. The SMILES string of the molecule is CC1(C)CC(=O)c2sc(N3CCOCC3)c(C#CC3CCCN(C(=O)OC(C)(C)C)C3)c2C1. The number of carbonyl (C=O) groups is 2. The quantitative estimate of drug-likeness (QED) is 0.553. The van der Waals surface area contributed by atoms with Gasteiger partial charge in [-0.05, 0) is 51.0 Å². The lowest BCUT2D eigenvalue weighted by atomic mass is 9.75. The number of rotatable bonds is 1. The zero-order valence-corrected chi connectivity index (χ0v) is 21.4. The molecule has 7 heteroatoms. The van der Waals surface area contributed by atoms with Crippen molar-refractivity contribution in [3.63, 3.8) is 0 Å². The fourth-order valence-corrected chi connectivity index (χ4v) is 6.05. The van der Waals surface area contributed by atoms with Gasteiger partial charge in [0, 0.05) is 38.5 Å². The Morgan fingerprint density at radius 2 is 1.91 bits per heavy atom. The molecule has 1 unspecified atom stereocenters. The first-order valence-corrected chi connectivity index (χ1v) is 12.9. The van der Waals surface area contributed by atoms with Crippen LogP contribution in [0, 0.1) is 23.2 Å². The van der Waals surface area contributed by atoms with Crippen LogP contribution in [0.4, 0.5) is 9.80 Å². The third-order valence-corrected chi connectivity index (χ3v) is 7.64. The summed E-state index contributed by atoms with van der Waals surface area (Å²) in [6.45, 7) is 14.3. The van der Waals surface area contributed by atoms with Crippen LogP contribution in [0.3, 0.4) is 0 Å². The van der Waals surface area contributed by atoms with Crippen LogP contribution in [0.2, 0.25) is 0 Å². The number of ketones is 1. The van der Waals surface area contributed by atoms with E-state index in [1.165, 1.54) is 0 Å². The number of piperidine rings is 1. The van der Waals surface area contributed by atoms with E-state index in [4.69, 9.17) is 9.47 Å². The number of morpholine rings is 1. The molecule has 4 rings (SSSR count). The Morgan fingerprint density at radius 3 is 2.61 bits per heavy atom. The van der Waals surface area contributed by atoms with Crippen LogP contribution < -0.4 is 4.90 Å². The van der Waals surface area contributed by atoms with Crippen molar-refractivity contribution in [1.82, 2.24) is 4.90 Å². The number of carbonyl (C=O) groups excluding carboxylic acids is 2. The molecule has 3 heterocycles. The number of amides is 1. The van der Waals surface area contributed by atoms with E-state index in [-0.39, 0.29) is 23.2 Å². The lowest BCUT2D eigenvalue weighted by Crippen LogP contribution is -2.42. The van der Waals surface area contributed by atoms with E-state index < -0.39 is 5.60 Å². The number of Topliss-reactive ketones (excluding diaryl/α,β-unsaturated/α-hetero) is 1. The largest absolute Gasteiger partial charge is 0.444 e. The van der Waals surface area contributed by atoms with Gasteiger partial charge in [-0.2, -0.15) is 0 Å². The lowest BCUT2D eigenvalue weighted by Gasteiger charge is -2.32. The fraction of sp³-hybridized carbons (Fsp3) is 0.692. The highest BCUT2D eigenvalue weighted by Crippen LogP contribution is 2.45. The fourth-order valence-electron chi connectivity index (χ4n) is 4.78. The van der Waals surface area contributed by atoms with Crippen molar-refractivity contribution < 1.29 is 19.1 Å². The summed E-state index contributed by atoms with van der Waals surface area (Å²) in [7, 11) is 0. The molecular formula is C26H36N2O4S. The van der Waals surface area contributed by atoms with Gasteiger partial charge in [0.15, 0.2) is 5.78 Å². The molecule has 1 aromatic rings. The maximum Gasteiger partial charge on any atom is 0.410 e. The Bertz CT molecular complexity index is 973. The molecule has 180 valence electrons. The van der Waals surface area contributed by atoms with Crippen molar-refractivity contribution >= 4 is 28.2 Å². The van der Waals surface area contributed by atoms with Gasteiger partial charge in [0.05, 0.1) is 23.7 Å². The summed E-state index contributed by atoms with van der Waals surface area (Å²) >= 11 is 1.61. The van der Waals surface area contributed by atoms with Crippen LogP contribution in [-0.4, -0.2) is 61.8 Å². The Balaban J connectivity index is 1.61. The minimum atomic E-state index is -0.502. The molecule has 1 aromatic heterocycles. The van der Waals surface area contributed by atoms with Gasteiger partial charge in [-0.3, -0.25) is 4.79 Å². The molecule has 3 aliphatic rings. The van der Waals surface area contributed by atoms with Crippen molar-refractivity contribution in [2.75, 3.05) is 44.3 Å². The Kier molecular flexibility index (Phi) is 6.80. The summed E-state index contributed by atoms with van der Waals surface area (Å²) < 4.78 is 11.1. The van der Waals surface area contributed by atoms with E-state index in [1.54, 1.807) is 16.2 Å². The average molecular weight is 473 g/mol. The molecule has 0 aromatic carbocycles. The maximum atomic E-state index is 12.9. The van der Waals surface area contributed by atoms with Crippen LogP contribution in [0.5, 0.6) is 0 Å². The first kappa shape index (κ1) is 24.1. The number of ether oxygens (including phenoxy) is 2. The van der Waals surface area contributed by atoms with Crippen LogP contribution in [0.25, 0.3) is 0 Å². The topological polar surface area (TPSA) is 59.1 Å². The predicted molar refractivity (Wildman–Crippen MR) is 131 cm³/mol. The first-order chi connectivity index (χ1) is 15.5. The van der Waals surface area contributed by atoms with Crippen molar-refractivity contribution in [2.24, 2.45) is 11.3 Å². The Morgan fingerprint density at radius 1 is 1.18 bits per heavy atom. The van der Waals surface area contributed by atoms with Gasteiger partial charge in [-0.15, -0.1) is 11.3 Å². The number of likely N-dealkylation sites (tertiary alicyclic amines) is 1. The summed E-state index contributed by atoms with van der Waals surface area (Å²) in [4.78, 5) is 30.5. The van der Waals surface area contributed by atoms with Gasteiger partial charge in [0.1, 0.15) is 10.6 Å². The molecular weight excluding hydrogens is 436 g/mol. The summed E-state index contributed by atoms with van der Waals surface area (Å²) in [5.74, 6) is 7.32. The second-order valence-electron chi connectivity index (χ2n) is 11.2. The Hall–Kier alpha value is -2.04. The molecule has 0 bridgehead atoms. The third kappa shape index (κ3) is 5.73. The number of fused-ring (bicyclic) bond motifs is 1. The molecule has 1 atom stereocenters. The van der Waals surface area contributed by atoms with Crippen LogP contribution in [-0.2, 0) is 15.9 Å². The second-order valence-corrected chi connectivity index (χ2v) is 12.2. The van der Waals surface area contributed by atoms with Crippen LogP contribution in [0.15, 0.2) is 0 Å². The summed E-state index contributed by atoms with van der Waals surface area (Å²) in [6.07, 6.45) is 3.08. The summed E-state index contributed by atoms with van der Waals surface area (Å²) in [5.41, 5.74) is 1.59. The minimum absolute atomic E-state index is 0.0534. The minimum Gasteiger partial charge on any atom is -0.444 e. The normalized spacial score (nSPS) is 22.9. The van der Waals surface area contributed by atoms with Crippen molar-refractivity contribution in [3.8, 4) is 11.8 Å². The number of hydrogen-bond donors (Lipinski definition) is 0. The number of hydrogen-bond acceptors (Lipinski definition) is 6. The molecule has 1 amide bonds. The maximum absolute atomic E-state index is 12.9. The summed E-state index contributed by atoms with van der Waals surface area (Å²) in [6, 6.07) is 0. The molecule has 0 N–H and O–H groups in total. The van der Waals surface area contributed by atoms with Crippen molar-refractivity contribution in [1.29, 1.82) is 0 Å². The number of anilines is 1. The average Bonchev–Trinajstić information content (AvgIpc) is 3.09. The van der Waals surface area contributed by atoms with E-state index in [0.717, 1.165) is 53.4 Å². The standard InChI is InChI=1S/C26H36N2O4S/c1-25(2,3)32-24(30)28-10-6-7-18(17-28)8-9-19-20-15-26(4,5)16-21(29)22(20)33-23(19)27-11-13-31-14-12-27/h18H,6-7,10-17H2,1-5H3. The van der Waals surface area contributed by atoms with Gasteiger partial charge in [0.2, 0.25) is 0 Å². The van der Waals surface area contributed by atoms with Gasteiger partial charge >= 0.3 is 6.09 Å². The molecule has 33 heavy (non-hydrogen) atoms. The first-order valence-electron chi connectivity index (χ1n) is 12.0. The van der Waals surface area contributed by atoms with Gasteiger partial charge < -0.3 is 19.3 Å². The molecule has 2 fully saturated rings. The van der Waals surface area contributed by atoms with Crippen molar-refractivity contribution in [2.45, 2.75) is 65.9 Å². The summed E-state index contributed by atoms with van der Waals surface area (Å²) in [5, 5.41) is 1.11. The third-order valence-electron chi connectivity index (χ3n) is 6.31. The Labute approximate surface area is 201 Å². The molecule has 0 radical (unpaired) electrons. The smallest absolute Gasteiger partial charge is 0.410 e. The van der Waals surface area contributed by atoms with E-state index in [1.807, 2.05) is 20.8 Å². The van der Waals surface area contributed by atoms with E-state index >= 15 is 0 Å².